The Kier molecular flexibility index (Phi) is 4.34. The van der Waals surface area contributed by atoms with Crippen LogP contribution in [0.5, 0.6) is 5.75 Å². The number of aromatic nitrogens is 1. The van der Waals surface area contributed by atoms with E-state index in [1.54, 1.807) is 24.3 Å². The minimum absolute atomic E-state index is 0.0458. The minimum atomic E-state index is -0.390. The second-order valence-corrected chi connectivity index (χ2v) is 7.13. The van der Waals surface area contributed by atoms with Gasteiger partial charge in [0.1, 0.15) is 11.5 Å². The quantitative estimate of drug-likeness (QED) is 0.745. The van der Waals surface area contributed by atoms with Crippen LogP contribution in [0.25, 0.3) is 10.2 Å². The van der Waals surface area contributed by atoms with Crippen LogP contribution in [0.2, 0.25) is 0 Å². The Morgan fingerprint density at radius 3 is 3.12 bits per heavy atom. The molecule has 1 aliphatic heterocycles. The number of fused-ring (bicyclic) bond motifs is 1. The van der Waals surface area contributed by atoms with Gasteiger partial charge in [0.15, 0.2) is 5.13 Å². The molecule has 2 aromatic heterocycles. The SMILES string of the molecule is COc1ccc2nc(NC(=O)C3CC(=O)N(Cc4ccco4)C3)sc2c1. The molecule has 1 atom stereocenters. The zero-order chi connectivity index (χ0) is 18.1. The second-order valence-electron chi connectivity index (χ2n) is 6.10. The molecule has 2 amide bonds. The van der Waals surface area contributed by atoms with E-state index >= 15 is 0 Å². The number of ether oxygens (including phenoxy) is 1. The molecule has 1 N–H and O–H groups in total. The van der Waals surface area contributed by atoms with E-state index in [0.29, 0.717) is 24.0 Å². The van der Waals surface area contributed by atoms with Gasteiger partial charge in [-0.25, -0.2) is 4.98 Å². The lowest BCUT2D eigenvalue weighted by molar-refractivity contribution is -0.128. The standard InChI is InChI=1S/C18H17N3O4S/c1-24-12-4-5-14-15(8-12)26-18(19-14)20-17(23)11-7-16(22)21(9-11)10-13-3-2-6-25-13/h2-6,8,11H,7,9-10H2,1H3,(H,19,20,23). The first kappa shape index (κ1) is 16.6. The van der Waals surface area contributed by atoms with Crippen molar-refractivity contribution in [3.05, 3.63) is 42.4 Å². The van der Waals surface area contributed by atoms with Gasteiger partial charge in [0, 0.05) is 13.0 Å². The molecule has 26 heavy (non-hydrogen) atoms. The highest BCUT2D eigenvalue weighted by Gasteiger charge is 2.35. The Bertz CT molecular complexity index is 951. The number of amides is 2. The Hall–Kier alpha value is -2.87. The largest absolute Gasteiger partial charge is 0.497 e. The second kappa shape index (κ2) is 6.80. The summed E-state index contributed by atoms with van der Waals surface area (Å²) in [5.74, 6) is 0.828. The van der Waals surface area contributed by atoms with Crippen molar-refractivity contribution in [1.82, 2.24) is 9.88 Å². The summed E-state index contributed by atoms with van der Waals surface area (Å²) in [6.07, 6.45) is 1.77. The number of nitrogens with one attached hydrogen (secondary N) is 1. The number of hydrogen-bond acceptors (Lipinski definition) is 6. The fraction of sp³-hybridized carbons (Fsp3) is 0.278. The van der Waals surface area contributed by atoms with E-state index < -0.39 is 0 Å². The van der Waals surface area contributed by atoms with Crippen LogP contribution in [0.3, 0.4) is 0 Å². The van der Waals surface area contributed by atoms with E-state index in [-0.39, 0.29) is 24.2 Å². The number of furan rings is 1. The summed E-state index contributed by atoms with van der Waals surface area (Å²) in [4.78, 5) is 30.8. The van der Waals surface area contributed by atoms with Gasteiger partial charge in [-0.15, -0.1) is 0 Å². The molecule has 8 heteroatoms. The van der Waals surface area contributed by atoms with E-state index in [2.05, 4.69) is 10.3 Å². The lowest BCUT2D eigenvalue weighted by Gasteiger charge is -2.14. The molecule has 1 fully saturated rings. The third kappa shape index (κ3) is 3.28. The molecule has 0 radical (unpaired) electrons. The van der Waals surface area contributed by atoms with Crippen molar-refractivity contribution in [1.29, 1.82) is 0 Å². The van der Waals surface area contributed by atoms with Gasteiger partial charge in [0.25, 0.3) is 0 Å². The molecular weight excluding hydrogens is 354 g/mol. The molecule has 0 spiro atoms. The number of carbonyl (C=O) groups is 2. The highest BCUT2D eigenvalue weighted by atomic mass is 32.1. The summed E-state index contributed by atoms with van der Waals surface area (Å²) in [6, 6.07) is 9.16. The summed E-state index contributed by atoms with van der Waals surface area (Å²) < 4.78 is 11.4. The predicted octanol–water partition coefficient (Wildman–Crippen LogP) is 2.89. The summed E-state index contributed by atoms with van der Waals surface area (Å²) in [5.41, 5.74) is 0.799. The first-order valence-electron chi connectivity index (χ1n) is 8.18. The maximum Gasteiger partial charge on any atom is 0.231 e. The number of hydrogen-bond donors (Lipinski definition) is 1. The molecule has 3 heterocycles. The molecule has 3 aromatic rings. The van der Waals surface area contributed by atoms with E-state index in [9.17, 15) is 9.59 Å². The molecule has 1 aliphatic rings. The Morgan fingerprint density at radius 2 is 2.35 bits per heavy atom. The van der Waals surface area contributed by atoms with Crippen molar-refractivity contribution >= 4 is 38.5 Å². The van der Waals surface area contributed by atoms with Crippen molar-refractivity contribution in [2.24, 2.45) is 5.92 Å². The maximum atomic E-state index is 12.5. The van der Waals surface area contributed by atoms with Crippen molar-refractivity contribution < 1.29 is 18.7 Å². The average molecular weight is 371 g/mol. The van der Waals surface area contributed by atoms with Crippen LogP contribution >= 0.6 is 11.3 Å². The lowest BCUT2D eigenvalue weighted by atomic mass is 10.1. The van der Waals surface area contributed by atoms with Gasteiger partial charge in [-0.3, -0.25) is 9.59 Å². The zero-order valence-electron chi connectivity index (χ0n) is 14.1. The predicted molar refractivity (Wildman–Crippen MR) is 97.0 cm³/mol. The lowest BCUT2D eigenvalue weighted by Crippen LogP contribution is -2.27. The van der Waals surface area contributed by atoms with Crippen LogP contribution in [0.4, 0.5) is 5.13 Å². The van der Waals surface area contributed by atoms with E-state index in [4.69, 9.17) is 9.15 Å². The van der Waals surface area contributed by atoms with E-state index in [1.165, 1.54) is 11.3 Å². The molecule has 1 saturated heterocycles. The Labute approximate surface area is 153 Å². The van der Waals surface area contributed by atoms with Crippen LogP contribution < -0.4 is 10.1 Å². The Morgan fingerprint density at radius 1 is 1.46 bits per heavy atom. The number of methoxy groups -OCH3 is 1. The van der Waals surface area contributed by atoms with Gasteiger partial charge in [-0.1, -0.05) is 11.3 Å². The molecule has 134 valence electrons. The summed E-state index contributed by atoms with van der Waals surface area (Å²) in [7, 11) is 1.61. The van der Waals surface area contributed by atoms with Crippen LogP contribution in [0.1, 0.15) is 12.2 Å². The first-order valence-corrected chi connectivity index (χ1v) is 8.99. The third-order valence-electron chi connectivity index (χ3n) is 4.34. The summed E-state index contributed by atoms with van der Waals surface area (Å²) in [6.45, 7) is 0.765. The maximum absolute atomic E-state index is 12.5. The Balaban J connectivity index is 1.42. The highest BCUT2D eigenvalue weighted by Crippen LogP contribution is 2.30. The van der Waals surface area contributed by atoms with Gasteiger partial charge in [0.05, 0.1) is 36.1 Å². The van der Waals surface area contributed by atoms with Crippen LogP contribution in [-0.4, -0.2) is 35.4 Å². The first-order chi connectivity index (χ1) is 12.6. The molecular formula is C18H17N3O4S. The molecule has 7 nitrogen and oxygen atoms in total. The van der Waals surface area contributed by atoms with Gasteiger partial charge >= 0.3 is 0 Å². The van der Waals surface area contributed by atoms with Crippen molar-refractivity contribution in [3.63, 3.8) is 0 Å². The van der Waals surface area contributed by atoms with Gasteiger partial charge in [0.2, 0.25) is 11.8 Å². The van der Waals surface area contributed by atoms with Crippen molar-refractivity contribution in [3.8, 4) is 5.75 Å². The normalized spacial score (nSPS) is 17.0. The third-order valence-corrected chi connectivity index (χ3v) is 5.27. The van der Waals surface area contributed by atoms with Crippen molar-refractivity contribution in [2.45, 2.75) is 13.0 Å². The molecule has 0 saturated carbocycles. The van der Waals surface area contributed by atoms with E-state index in [0.717, 1.165) is 16.0 Å². The summed E-state index contributed by atoms with van der Waals surface area (Å²) in [5, 5.41) is 3.36. The number of benzene rings is 1. The number of carbonyl (C=O) groups excluding carboxylic acids is 2. The zero-order valence-corrected chi connectivity index (χ0v) is 14.9. The molecule has 4 rings (SSSR count). The minimum Gasteiger partial charge on any atom is -0.497 e. The van der Waals surface area contributed by atoms with Gasteiger partial charge < -0.3 is 19.4 Å². The van der Waals surface area contributed by atoms with Crippen LogP contribution in [0, 0.1) is 5.92 Å². The molecule has 0 bridgehead atoms. The van der Waals surface area contributed by atoms with Crippen LogP contribution in [0.15, 0.2) is 41.0 Å². The highest BCUT2D eigenvalue weighted by molar-refractivity contribution is 7.22. The molecule has 1 unspecified atom stereocenters. The molecule has 1 aromatic carbocycles. The monoisotopic (exact) mass is 371 g/mol. The average Bonchev–Trinajstić information content (AvgIpc) is 3.35. The fourth-order valence-corrected chi connectivity index (χ4v) is 3.88. The number of nitrogens with zero attached hydrogens (tertiary/aromatic N) is 2. The van der Waals surface area contributed by atoms with E-state index in [1.807, 2.05) is 24.3 Å². The number of thiazole rings is 1. The van der Waals surface area contributed by atoms with Crippen LogP contribution in [-0.2, 0) is 16.1 Å². The summed E-state index contributed by atoms with van der Waals surface area (Å²) >= 11 is 1.38. The number of likely N-dealkylation sites (tertiary alicyclic amines) is 1. The smallest absolute Gasteiger partial charge is 0.231 e. The molecule has 0 aliphatic carbocycles. The van der Waals surface area contributed by atoms with Crippen molar-refractivity contribution in [2.75, 3.05) is 19.0 Å². The van der Waals surface area contributed by atoms with Gasteiger partial charge in [-0.2, -0.15) is 0 Å². The topological polar surface area (TPSA) is 84.7 Å². The number of anilines is 1. The number of rotatable bonds is 5. The fourth-order valence-electron chi connectivity index (χ4n) is 2.98. The van der Waals surface area contributed by atoms with Gasteiger partial charge in [-0.05, 0) is 30.3 Å².